The van der Waals surface area contributed by atoms with Gasteiger partial charge in [-0.1, -0.05) is 28.1 Å². The maximum atomic E-state index is 5.84. The van der Waals surface area contributed by atoms with E-state index in [9.17, 15) is 0 Å². The summed E-state index contributed by atoms with van der Waals surface area (Å²) in [6.07, 6.45) is 2.89. The maximum absolute atomic E-state index is 5.84. The number of thiazole rings is 1. The zero-order chi connectivity index (χ0) is 11.4. The molecule has 0 aliphatic rings. The fraction of sp³-hybridized carbons (Fsp3) is 0.250. The van der Waals surface area contributed by atoms with Crippen molar-refractivity contribution in [2.24, 2.45) is 5.73 Å². The third-order valence-electron chi connectivity index (χ3n) is 2.54. The van der Waals surface area contributed by atoms with E-state index in [1.807, 2.05) is 17.8 Å². The van der Waals surface area contributed by atoms with E-state index in [0.29, 0.717) is 12.5 Å². The Hall–Kier alpha value is -0.710. The molecule has 2 N–H and O–H groups in total. The number of rotatable bonds is 4. The molecule has 84 valence electrons. The second kappa shape index (κ2) is 5.57. The Balaban J connectivity index is 2.16. The van der Waals surface area contributed by atoms with Gasteiger partial charge in [-0.2, -0.15) is 0 Å². The van der Waals surface area contributed by atoms with Gasteiger partial charge < -0.3 is 5.73 Å². The quantitative estimate of drug-likeness (QED) is 0.941. The molecule has 0 aliphatic carbocycles. The van der Waals surface area contributed by atoms with Gasteiger partial charge in [-0.3, -0.25) is 4.98 Å². The lowest BCUT2D eigenvalue weighted by molar-refractivity contribution is 0.700. The molecule has 2 rings (SSSR count). The van der Waals surface area contributed by atoms with Crippen LogP contribution in [0.5, 0.6) is 0 Å². The van der Waals surface area contributed by atoms with E-state index >= 15 is 0 Å². The average molecular weight is 297 g/mol. The lowest BCUT2D eigenvalue weighted by atomic mass is 9.95. The van der Waals surface area contributed by atoms with E-state index in [0.717, 1.165) is 10.9 Å². The molecule has 1 heterocycles. The van der Waals surface area contributed by atoms with Gasteiger partial charge in [0.2, 0.25) is 0 Å². The Morgan fingerprint density at radius 2 is 2.31 bits per heavy atom. The van der Waals surface area contributed by atoms with Crippen molar-refractivity contribution >= 4 is 27.3 Å². The summed E-state index contributed by atoms with van der Waals surface area (Å²) < 4.78 is 1.10. The highest BCUT2D eigenvalue weighted by atomic mass is 79.9. The second-order valence-electron chi connectivity index (χ2n) is 3.66. The van der Waals surface area contributed by atoms with E-state index in [1.54, 1.807) is 11.3 Å². The summed E-state index contributed by atoms with van der Waals surface area (Å²) in [4.78, 5) is 5.38. The first-order chi connectivity index (χ1) is 7.79. The van der Waals surface area contributed by atoms with E-state index in [1.165, 1.54) is 10.4 Å². The molecule has 0 aliphatic heterocycles. The summed E-state index contributed by atoms with van der Waals surface area (Å²) in [6, 6.07) is 8.35. The smallest absolute Gasteiger partial charge is 0.0794 e. The van der Waals surface area contributed by atoms with Crippen LogP contribution in [0.25, 0.3) is 0 Å². The molecule has 1 aromatic carbocycles. The molecule has 4 heteroatoms. The van der Waals surface area contributed by atoms with Crippen LogP contribution in [0, 0.1) is 0 Å². The molecule has 1 atom stereocenters. The van der Waals surface area contributed by atoms with Crippen molar-refractivity contribution in [1.29, 1.82) is 0 Å². The number of halogens is 1. The van der Waals surface area contributed by atoms with Gasteiger partial charge in [-0.05, 0) is 30.7 Å². The zero-order valence-corrected chi connectivity index (χ0v) is 11.2. The molecule has 16 heavy (non-hydrogen) atoms. The zero-order valence-electron chi connectivity index (χ0n) is 8.77. The van der Waals surface area contributed by atoms with Gasteiger partial charge in [-0.25, -0.2) is 0 Å². The van der Waals surface area contributed by atoms with Crippen molar-refractivity contribution in [3.8, 4) is 0 Å². The molecule has 0 saturated carbocycles. The predicted octanol–water partition coefficient (Wildman–Crippen LogP) is 3.19. The van der Waals surface area contributed by atoms with Crippen LogP contribution in [-0.4, -0.2) is 11.5 Å². The van der Waals surface area contributed by atoms with Gasteiger partial charge in [0.1, 0.15) is 0 Å². The Morgan fingerprint density at radius 3 is 2.94 bits per heavy atom. The molecular weight excluding hydrogens is 284 g/mol. The highest BCUT2D eigenvalue weighted by Gasteiger charge is 2.11. The van der Waals surface area contributed by atoms with Crippen molar-refractivity contribution in [2.75, 3.05) is 6.54 Å². The molecule has 0 spiro atoms. The van der Waals surface area contributed by atoms with Crippen LogP contribution in [0.2, 0.25) is 0 Å². The van der Waals surface area contributed by atoms with Crippen LogP contribution < -0.4 is 5.73 Å². The predicted molar refractivity (Wildman–Crippen MR) is 71.8 cm³/mol. The first-order valence-electron chi connectivity index (χ1n) is 5.12. The number of benzene rings is 1. The van der Waals surface area contributed by atoms with Gasteiger partial charge in [0.25, 0.3) is 0 Å². The summed E-state index contributed by atoms with van der Waals surface area (Å²) in [5, 5.41) is 0. The van der Waals surface area contributed by atoms with Gasteiger partial charge in [-0.15, -0.1) is 11.3 Å². The van der Waals surface area contributed by atoms with E-state index < -0.39 is 0 Å². The molecule has 2 aromatic rings. The maximum Gasteiger partial charge on any atom is 0.0794 e. The molecule has 1 unspecified atom stereocenters. The minimum Gasteiger partial charge on any atom is -0.330 e. The van der Waals surface area contributed by atoms with Crippen molar-refractivity contribution in [3.63, 3.8) is 0 Å². The van der Waals surface area contributed by atoms with Crippen LogP contribution in [0.4, 0.5) is 0 Å². The van der Waals surface area contributed by atoms with E-state index in [2.05, 4.69) is 39.1 Å². The third-order valence-corrected chi connectivity index (χ3v) is 3.83. The van der Waals surface area contributed by atoms with Crippen LogP contribution in [0.3, 0.4) is 0 Å². The fourth-order valence-electron chi connectivity index (χ4n) is 1.68. The SMILES string of the molecule is NCC(Cc1cncs1)c1cccc(Br)c1. The summed E-state index contributed by atoms with van der Waals surface area (Å²) in [5.41, 5.74) is 8.99. The summed E-state index contributed by atoms with van der Waals surface area (Å²) in [6.45, 7) is 0.661. The summed E-state index contributed by atoms with van der Waals surface area (Å²) in [7, 11) is 0. The Bertz CT molecular complexity index is 442. The number of hydrogen-bond acceptors (Lipinski definition) is 3. The van der Waals surface area contributed by atoms with Gasteiger partial charge in [0.05, 0.1) is 5.51 Å². The molecule has 0 amide bonds. The molecular formula is C12H13BrN2S. The first kappa shape index (κ1) is 11.8. The topological polar surface area (TPSA) is 38.9 Å². The number of hydrogen-bond donors (Lipinski definition) is 1. The first-order valence-corrected chi connectivity index (χ1v) is 6.79. The minimum absolute atomic E-state index is 0.373. The third kappa shape index (κ3) is 2.90. The Labute approximate surface area is 108 Å². The summed E-state index contributed by atoms with van der Waals surface area (Å²) in [5.74, 6) is 0.373. The minimum atomic E-state index is 0.373. The summed E-state index contributed by atoms with van der Waals surface area (Å²) >= 11 is 5.17. The van der Waals surface area contributed by atoms with Crippen molar-refractivity contribution in [1.82, 2.24) is 4.98 Å². The number of nitrogens with two attached hydrogens (primary N) is 1. The van der Waals surface area contributed by atoms with Gasteiger partial charge in [0.15, 0.2) is 0 Å². The van der Waals surface area contributed by atoms with Crippen LogP contribution in [0.15, 0.2) is 40.4 Å². The Kier molecular flexibility index (Phi) is 4.09. The van der Waals surface area contributed by atoms with E-state index in [-0.39, 0.29) is 0 Å². The molecule has 0 fully saturated rings. The lowest BCUT2D eigenvalue weighted by Crippen LogP contribution is -2.14. The molecule has 1 aromatic heterocycles. The van der Waals surface area contributed by atoms with E-state index in [4.69, 9.17) is 5.73 Å². The monoisotopic (exact) mass is 296 g/mol. The van der Waals surface area contributed by atoms with Gasteiger partial charge >= 0.3 is 0 Å². The standard InChI is InChI=1S/C12H13BrN2S/c13-11-3-1-2-9(4-11)10(6-14)5-12-7-15-8-16-12/h1-4,7-8,10H,5-6,14H2. The number of nitrogens with zero attached hydrogens (tertiary/aromatic N) is 1. The fourth-order valence-corrected chi connectivity index (χ4v) is 2.78. The van der Waals surface area contributed by atoms with Gasteiger partial charge in [0, 0.05) is 21.5 Å². The van der Waals surface area contributed by atoms with Crippen molar-refractivity contribution in [2.45, 2.75) is 12.3 Å². The highest BCUT2D eigenvalue weighted by molar-refractivity contribution is 9.10. The molecule has 2 nitrogen and oxygen atoms in total. The molecule has 0 bridgehead atoms. The number of aromatic nitrogens is 1. The largest absolute Gasteiger partial charge is 0.330 e. The average Bonchev–Trinajstić information content (AvgIpc) is 2.78. The van der Waals surface area contributed by atoms with Crippen LogP contribution in [0.1, 0.15) is 16.4 Å². The Morgan fingerprint density at radius 1 is 1.44 bits per heavy atom. The van der Waals surface area contributed by atoms with Crippen LogP contribution in [-0.2, 0) is 6.42 Å². The highest BCUT2D eigenvalue weighted by Crippen LogP contribution is 2.24. The molecule has 0 saturated heterocycles. The second-order valence-corrected chi connectivity index (χ2v) is 5.55. The van der Waals surface area contributed by atoms with Crippen molar-refractivity contribution in [3.05, 3.63) is 50.9 Å². The van der Waals surface area contributed by atoms with Crippen LogP contribution >= 0.6 is 27.3 Å². The molecule has 0 radical (unpaired) electrons. The lowest BCUT2D eigenvalue weighted by Gasteiger charge is -2.14. The van der Waals surface area contributed by atoms with Crippen molar-refractivity contribution < 1.29 is 0 Å². The normalized spacial score (nSPS) is 12.6.